The van der Waals surface area contributed by atoms with Gasteiger partial charge in [0.25, 0.3) is 5.97 Å². The molecule has 124 valence electrons. The lowest BCUT2D eigenvalue weighted by atomic mass is 10.5. The number of ether oxygens (including phenoxy) is 3. The molecule has 0 N–H and O–H groups in total. The van der Waals surface area contributed by atoms with Crippen LogP contribution in [-0.2, 0) is 23.3 Å². The summed E-state index contributed by atoms with van der Waals surface area (Å²) < 4.78 is 34.7. The zero-order valence-corrected chi connectivity index (χ0v) is 14.8. The standard InChI is InChI=1S/C14H29NO5P/c1-7-11-19-14(17-8-2,18-9-3)13-21(16)20-12-10-15(4,5)6/h1,21H,8-13H2,2-6H3/q+1. The molecule has 0 aliphatic rings. The molecule has 0 rings (SSSR count). The van der Waals surface area contributed by atoms with Gasteiger partial charge in [-0.05, 0) is 13.8 Å². The molecule has 7 heteroatoms. The molecule has 0 aromatic carbocycles. The Morgan fingerprint density at radius 2 is 1.71 bits per heavy atom. The van der Waals surface area contributed by atoms with Crippen LogP contribution in [0.3, 0.4) is 0 Å². The van der Waals surface area contributed by atoms with Gasteiger partial charge < -0.3 is 23.2 Å². The molecule has 21 heavy (non-hydrogen) atoms. The lowest BCUT2D eigenvalue weighted by Crippen LogP contribution is -2.42. The number of terminal acetylenes is 1. The van der Waals surface area contributed by atoms with E-state index in [-0.39, 0.29) is 12.8 Å². The van der Waals surface area contributed by atoms with E-state index < -0.39 is 14.0 Å². The summed E-state index contributed by atoms with van der Waals surface area (Å²) in [7, 11) is 3.78. The Morgan fingerprint density at radius 3 is 2.14 bits per heavy atom. The first-order chi connectivity index (χ1) is 9.78. The molecule has 1 unspecified atom stereocenters. The van der Waals surface area contributed by atoms with E-state index in [4.69, 9.17) is 25.2 Å². The molecule has 0 amide bonds. The Kier molecular flexibility index (Phi) is 10.1. The van der Waals surface area contributed by atoms with Gasteiger partial charge in [0.15, 0.2) is 8.03 Å². The number of nitrogens with zero attached hydrogens (tertiary/aromatic N) is 1. The van der Waals surface area contributed by atoms with E-state index in [1.807, 2.05) is 35.0 Å². The first-order valence-electron chi connectivity index (χ1n) is 7.10. The van der Waals surface area contributed by atoms with E-state index in [2.05, 4.69) is 5.92 Å². The van der Waals surface area contributed by atoms with E-state index in [1.165, 1.54) is 0 Å². The van der Waals surface area contributed by atoms with Gasteiger partial charge in [-0.25, -0.2) is 0 Å². The van der Waals surface area contributed by atoms with Gasteiger partial charge in [0.2, 0.25) is 0 Å². The van der Waals surface area contributed by atoms with E-state index in [9.17, 15) is 4.57 Å². The molecule has 0 saturated carbocycles. The van der Waals surface area contributed by atoms with E-state index in [0.29, 0.717) is 19.8 Å². The normalized spacial score (nSPS) is 13.9. The zero-order valence-electron chi connectivity index (χ0n) is 13.8. The SMILES string of the molecule is C#CCOC(C[PH](=O)OCC[N+](C)(C)C)(OCC)OCC. The van der Waals surface area contributed by atoms with Crippen LogP contribution in [0.4, 0.5) is 0 Å². The van der Waals surface area contributed by atoms with Crippen LogP contribution in [0.5, 0.6) is 0 Å². The molecule has 0 fully saturated rings. The lowest BCUT2D eigenvalue weighted by Gasteiger charge is -2.31. The van der Waals surface area contributed by atoms with Crippen LogP contribution in [0.15, 0.2) is 0 Å². The first-order valence-corrected chi connectivity index (χ1v) is 8.62. The summed E-state index contributed by atoms with van der Waals surface area (Å²) in [5.74, 6) is 0.973. The van der Waals surface area contributed by atoms with E-state index >= 15 is 0 Å². The van der Waals surface area contributed by atoms with E-state index in [1.54, 1.807) is 0 Å². The van der Waals surface area contributed by atoms with Gasteiger partial charge in [-0.2, -0.15) is 0 Å². The van der Waals surface area contributed by atoms with E-state index in [0.717, 1.165) is 11.0 Å². The van der Waals surface area contributed by atoms with Gasteiger partial charge in [0, 0.05) is 13.2 Å². The van der Waals surface area contributed by atoms with Crippen molar-refractivity contribution in [1.29, 1.82) is 0 Å². The Morgan fingerprint density at radius 1 is 1.14 bits per heavy atom. The lowest BCUT2D eigenvalue weighted by molar-refractivity contribution is -0.870. The van der Waals surface area contributed by atoms with Crippen LogP contribution in [0.25, 0.3) is 0 Å². The van der Waals surface area contributed by atoms with Crippen molar-refractivity contribution < 1.29 is 27.8 Å². The van der Waals surface area contributed by atoms with Crippen molar-refractivity contribution in [2.75, 3.05) is 60.3 Å². The molecule has 0 saturated heterocycles. The number of hydrogen-bond donors (Lipinski definition) is 0. The Balaban J connectivity index is 4.55. The molecule has 0 aliphatic heterocycles. The first kappa shape index (κ1) is 20.6. The maximum atomic E-state index is 12.1. The van der Waals surface area contributed by atoms with Crippen molar-refractivity contribution in [3.63, 3.8) is 0 Å². The van der Waals surface area contributed by atoms with Crippen LogP contribution in [0, 0.1) is 12.3 Å². The Labute approximate surface area is 129 Å². The van der Waals surface area contributed by atoms with Crippen LogP contribution in [0.1, 0.15) is 13.8 Å². The predicted molar refractivity (Wildman–Crippen MR) is 83.5 cm³/mol. The number of quaternary nitrogens is 1. The highest BCUT2D eigenvalue weighted by Gasteiger charge is 2.35. The monoisotopic (exact) mass is 322 g/mol. The van der Waals surface area contributed by atoms with Gasteiger partial charge >= 0.3 is 0 Å². The van der Waals surface area contributed by atoms with Crippen LogP contribution in [-0.4, -0.2) is 70.7 Å². The second kappa shape index (κ2) is 10.3. The maximum absolute atomic E-state index is 12.1. The minimum Gasteiger partial charge on any atom is -0.329 e. The third-order valence-corrected chi connectivity index (χ3v) is 3.74. The smallest absolute Gasteiger partial charge is 0.293 e. The Bertz CT molecular complexity index is 342. The van der Waals surface area contributed by atoms with Crippen molar-refractivity contribution in [2.24, 2.45) is 0 Å². The van der Waals surface area contributed by atoms with Gasteiger partial charge in [-0.3, -0.25) is 4.57 Å². The number of rotatable bonds is 12. The fraction of sp³-hybridized carbons (Fsp3) is 0.857. The van der Waals surface area contributed by atoms with Crippen LogP contribution in [0.2, 0.25) is 0 Å². The largest absolute Gasteiger partial charge is 0.329 e. The number of hydrogen-bond acceptors (Lipinski definition) is 5. The average molecular weight is 322 g/mol. The fourth-order valence-electron chi connectivity index (χ4n) is 1.53. The van der Waals surface area contributed by atoms with Crippen molar-refractivity contribution >= 4 is 8.03 Å². The summed E-state index contributed by atoms with van der Waals surface area (Å²) in [4.78, 5) is 0. The highest BCUT2D eigenvalue weighted by Crippen LogP contribution is 2.31. The fourth-order valence-corrected chi connectivity index (χ4v) is 2.61. The molecule has 0 bridgehead atoms. The van der Waals surface area contributed by atoms with Crippen molar-refractivity contribution in [1.82, 2.24) is 0 Å². The minimum atomic E-state index is -2.35. The summed E-state index contributed by atoms with van der Waals surface area (Å²) in [6.07, 6.45) is 5.22. The molecule has 0 heterocycles. The predicted octanol–water partition coefficient (Wildman–Crippen LogP) is 1.56. The van der Waals surface area contributed by atoms with Crippen molar-refractivity contribution in [3.05, 3.63) is 0 Å². The second-order valence-corrected chi connectivity index (χ2v) is 6.84. The van der Waals surface area contributed by atoms with Gasteiger partial charge in [0.05, 0.1) is 21.1 Å². The van der Waals surface area contributed by atoms with Gasteiger partial charge in [-0.1, -0.05) is 5.92 Å². The summed E-state index contributed by atoms with van der Waals surface area (Å²) in [6, 6.07) is 0. The summed E-state index contributed by atoms with van der Waals surface area (Å²) >= 11 is 0. The molecule has 0 aliphatic carbocycles. The quantitative estimate of drug-likeness (QED) is 0.236. The van der Waals surface area contributed by atoms with Crippen molar-refractivity contribution in [2.45, 2.75) is 19.8 Å². The molecular weight excluding hydrogens is 293 g/mol. The number of likely N-dealkylation sites (N-methyl/N-ethyl adjacent to an activating group) is 1. The molecule has 0 aromatic rings. The highest BCUT2D eigenvalue weighted by molar-refractivity contribution is 7.39. The minimum absolute atomic E-state index is 0.0219. The maximum Gasteiger partial charge on any atom is 0.293 e. The molecule has 0 aromatic heterocycles. The summed E-state index contributed by atoms with van der Waals surface area (Å²) in [5, 5.41) is 0. The topological polar surface area (TPSA) is 54.0 Å². The highest BCUT2D eigenvalue weighted by atomic mass is 31.1. The van der Waals surface area contributed by atoms with Gasteiger partial charge in [0.1, 0.15) is 25.9 Å². The zero-order chi connectivity index (χ0) is 16.4. The van der Waals surface area contributed by atoms with Gasteiger partial charge in [-0.15, -0.1) is 6.42 Å². The summed E-state index contributed by atoms with van der Waals surface area (Å²) in [6.45, 7) is 5.53. The third kappa shape index (κ3) is 10.0. The second-order valence-electron chi connectivity index (χ2n) is 5.45. The van der Waals surface area contributed by atoms with Crippen LogP contribution >= 0.6 is 8.03 Å². The average Bonchev–Trinajstić information content (AvgIpc) is 2.35. The third-order valence-electron chi connectivity index (χ3n) is 2.49. The Hall–Kier alpha value is -0.410. The van der Waals surface area contributed by atoms with Crippen molar-refractivity contribution in [3.8, 4) is 12.3 Å². The molecule has 1 atom stereocenters. The molecule has 0 spiro atoms. The summed E-state index contributed by atoms with van der Waals surface area (Å²) in [5.41, 5.74) is 0. The molecule has 0 radical (unpaired) electrons. The molecular formula is C14H29NO5P+. The van der Waals surface area contributed by atoms with Crippen LogP contribution < -0.4 is 0 Å². The molecule has 6 nitrogen and oxygen atoms in total.